The predicted octanol–water partition coefficient (Wildman–Crippen LogP) is 3.56. The van der Waals surface area contributed by atoms with Gasteiger partial charge in [-0.25, -0.2) is 4.68 Å². The minimum Gasteiger partial charge on any atom is -0.326 e. The second-order valence-corrected chi connectivity index (χ2v) is 8.31. The van der Waals surface area contributed by atoms with Crippen LogP contribution in [0, 0.1) is 6.92 Å². The van der Waals surface area contributed by atoms with Gasteiger partial charge in [-0.3, -0.25) is 19.1 Å². The zero-order valence-corrected chi connectivity index (χ0v) is 18.1. The van der Waals surface area contributed by atoms with Crippen LogP contribution in [0.2, 0.25) is 0 Å². The summed E-state index contributed by atoms with van der Waals surface area (Å²) in [5, 5.41) is 5.08. The van der Waals surface area contributed by atoms with Gasteiger partial charge < -0.3 is 10.6 Å². The van der Waals surface area contributed by atoms with Crippen molar-refractivity contribution in [3.05, 3.63) is 70.6 Å². The van der Waals surface area contributed by atoms with Gasteiger partial charge >= 0.3 is 0 Å². The molecule has 7 nitrogen and oxygen atoms in total. The zero-order valence-electron chi connectivity index (χ0n) is 17.3. The van der Waals surface area contributed by atoms with Gasteiger partial charge in [0.25, 0.3) is 5.56 Å². The standard InChI is InChI=1S/C22H24N4O3S/c1-14-20(22(29)26(25(14)4)18-10-6-5-7-11-18)24-21(28)15(2)30-19-12-8-9-17(13-19)23-16(3)27/h5-13,15H,1-4H3,(H,23,27)(H,24,28). The molecule has 0 saturated carbocycles. The molecular formula is C22H24N4O3S. The fraction of sp³-hybridized carbons (Fsp3) is 0.227. The fourth-order valence-electron chi connectivity index (χ4n) is 3.05. The number of aromatic nitrogens is 2. The molecule has 1 heterocycles. The molecule has 1 unspecified atom stereocenters. The summed E-state index contributed by atoms with van der Waals surface area (Å²) in [4.78, 5) is 37.8. The summed E-state index contributed by atoms with van der Waals surface area (Å²) in [6.07, 6.45) is 0. The van der Waals surface area contributed by atoms with Gasteiger partial charge in [0.15, 0.2) is 0 Å². The Kier molecular flexibility index (Phi) is 6.47. The number of hydrogen-bond acceptors (Lipinski definition) is 4. The Bertz CT molecular complexity index is 1140. The summed E-state index contributed by atoms with van der Waals surface area (Å²) in [6.45, 7) is 5.02. The molecule has 3 aromatic rings. The maximum Gasteiger partial charge on any atom is 0.295 e. The number of amides is 2. The van der Waals surface area contributed by atoms with Crippen LogP contribution in [0.1, 0.15) is 19.5 Å². The number of hydrogen-bond donors (Lipinski definition) is 2. The van der Waals surface area contributed by atoms with Crippen LogP contribution in [0.3, 0.4) is 0 Å². The minimum absolute atomic E-state index is 0.155. The van der Waals surface area contributed by atoms with E-state index in [9.17, 15) is 14.4 Å². The number of carbonyl (C=O) groups is 2. The highest BCUT2D eigenvalue weighted by Gasteiger charge is 2.21. The SMILES string of the molecule is CC(=O)Nc1cccc(SC(C)C(=O)Nc2c(C)n(C)n(-c3ccccc3)c2=O)c1. The van der Waals surface area contributed by atoms with Crippen LogP contribution in [-0.2, 0) is 16.6 Å². The summed E-state index contributed by atoms with van der Waals surface area (Å²) in [7, 11) is 1.78. The summed E-state index contributed by atoms with van der Waals surface area (Å²) in [5.74, 6) is -0.423. The summed E-state index contributed by atoms with van der Waals surface area (Å²) >= 11 is 1.35. The molecule has 0 radical (unpaired) electrons. The first-order chi connectivity index (χ1) is 14.3. The van der Waals surface area contributed by atoms with E-state index in [0.717, 1.165) is 10.6 Å². The lowest BCUT2D eigenvalue weighted by molar-refractivity contribution is -0.115. The van der Waals surface area contributed by atoms with Crippen molar-refractivity contribution in [1.29, 1.82) is 0 Å². The van der Waals surface area contributed by atoms with Crippen LogP contribution in [-0.4, -0.2) is 26.4 Å². The molecule has 0 aliphatic rings. The molecule has 1 aromatic heterocycles. The van der Waals surface area contributed by atoms with E-state index in [1.807, 2.05) is 48.5 Å². The molecule has 3 rings (SSSR count). The van der Waals surface area contributed by atoms with E-state index in [1.165, 1.54) is 23.4 Å². The molecule has 0 aliphatic heterocycles. The van der Waals surface area contributed by atoms with E-state index in [1.54, 1.807) is 31.6 Å². The summed E-state index contributed by atoms with van der Waals surface area (Å²) in [6, 6.07) is 16.6. The van der Waals surface area contributed by atoms with Gasteiger partial charge in [0.05, 0.1) is 16.6 Å². The third-order valence-electron chi connectivity index (χ3n) is 4.64. The average molecular weight is 425 g/mol. The van der Waals surface area contributed by atoms with Crippen molar-refractivity contribution in [3.63, 3.8) is 0 Å². The maximum absolute atomic E-state index is 13.0. The van der Waals surface area contributed by atoms with E-state index < -0.39 is 5.25 Å². The van der Waals surface area contributed by atoms with Crippen molar-refractivity contribution in [3.8, 4) is 5.69 Å². The Labute approximate surface area is 179 Å². The highest BCUT2D eigenvalue weighted by atomic mass is 32.2. The van der Waals surface area contributed by atoms with E-state index in [4.69, 9.17) is 0 Å². The minimum atomic E-state index is -0.443. The molecule has 2 amide bonds. The van der Waals surface area contributed by atoms with E-state index in [2.05, 4.69) is 10.6 Å². The number of nitrogens with one attached hydrogen (secondary N) is 2. The first-order valence-electron chi connectivity index (χ1n) is 9.47. The molecule has 8 heteroatoms. The lowest BCUT2D eigenvalue weighted by Gasteiger charge is -2.12. The molecule has 156 valence electrons. The second kappa shape index (κ2) is 9.04. The van der Waals surface area contributed by atoms with Crippen molar-refractivity contribution in [2.75, 3.05) is 10.6 Å². The summed E-state index contributed by atoms with van der Waals surface area (Å²) in [5.41, 5.74) is 2.06. The molecule has 0 spiro atoms. The Morgan fingerprint density at radius 3 is 2.40 bits per heavy atom. The Balaban J connectivity index is 1.78. The zero-order chi connectivity index (χ0) is 21.8. The first kappa shape index (κ1) is 21.4. The normalized spacial score (nSPS) is 11.7. The number of anilines is 2. The van der Waals surface area contributed by atoms with Gasteiger partial charge in [-0.2, -0.15) is 0 Å². The van der Waals surface area contributed by atoms with Crippen LogP contribution < -0.4 is 16.2 Å². The van der Waals surface area contributed by atoms with Crippen LogP contribution in [0.15, 0.2) is 64.3 Å². The largest absolute Gasteiger partial charge is 0.326 e. The quantitative estimate of drug-likeness (QED) is 0.593. The average Bonchev–Trinajstić information content (AvgIpc) is 2.91. The predicted molar refractivity (Wildman–Crippen MR) is 120 cm³/mol. The lowest BCUT2D eigenvalue weighted by Crippen LogP contribution is -2.27. The number of para-hydroxylation sites is 1. The Hall–Kier alpha value is -3.26. The van der Waals surface area contributed by atoms with Gasteiger partial charge in [0, 0.05) is 24.6 Å². The topological polar surface area (TPSA) is 85.1 Å². The van der Waals surface area contributed by atoms with Crippen molar-refractivity contribution < 1.29 is 9.59 Å². The van der Waals surface area contributed by atoms with Crippen molar-refractivity contribution >= 4 is 35.0 Å². The van der Waals surface area contributed by atoms with Gasteiger partial charge in [-0.15, -0.1) is 11.8 Å². The Morgan fingerprint density at radius 2 is 1.73 bits per heavy atom. The molecule has 0 aliphatic carbocycles. The van der Waals surface area contributed by atoms with E-state index in [-0.39, 0.29) is 23.1 Å². The van der Waals surface area contributed by atoms with Crippen LogP contribution in [0.25, 0.3) is 5.69 Å². The molecule has 2 aromatic carbocycles. The van der Waals surface area contributed by atoms with Gasteiger partial charge in [0.2, 0.25) is 11.8 Å². The lowest BCUT2D eigenvalue weighted by atomic mass is 10.3. The van der Waals surface area contributed by atoms with E-state index >= 15 is 0 Å². The molecule has 0 saturated heterocycles. The monoisotopic (exact) mass is 424 g/mol. The van der Waals surface area contributed by atoms with E-state index in [0.29, 0.717) is 11.4 Å². The maximum atomic E-state index is 13.0. The van der Waals surface area contributed by atoms with Gasteiger partial charge in [-0.05, 0) is 44.2 Å². The van der Waals surface area contributed by atoms with Crippen LogP contribution in [0.5, 0.6) is 0 Å². The van der Waals surface area contributed by atoms with Crippen LogP contribution in [0.4, 0.5) is 11.4 Å². The fourth-order valence-corrected chi connectivity index (χ4v) is 3.97. The summed E-state index contributed by atoms with van der Waals surface area (Å²) < 4.78 is 3.25. The van der Waals surface area contributed by atoms with Crippen molar-refractivity contribution in [2.24, 2.45) is 7.05 Å². The molecular weight excluding hydrogens is 400 g/mol. The second-order valence-electron chi connectivity index (χ2n) is 6.89. The number of carbonyl (C=O) groups excluding carboxylic acids is 2. The third kappa shape index (κ3) is 4.65. The number of nitrogens with zero attached hydrogens (tertiary/aromatic N) is 2. The first-order valence-corrected chi connectivity index (χ1v) is 10.3. The van der Waals surface area contributed by atoms with Crippen molar-refractivity contribution in [2.45, 2.75) is 30.9 Å². The number of benzene rings is 2. The molecule has 0 fully saturated rings. The molecule has 30 heavy (non-hydrogen) atoms. The third-order valence-corrected chi connectivity index (χ3v) is 5.73. The van der Waals surface area contributed by atoms with Crippen LogP contribution >= 0.6 is 11.8 Å². The van der Waals surface area contributed by atoms with Crippen molar-refractivity contribution in [1.82, 2.24) is 9.36 Å². The molecule has 2 N–H and O–H groups in total. The highest BCUT2D eigenvalue weighted by Crippen LogP contribution is 2.27. The number of rotatable bonds is 6. The Morgan fingerprint density at radius 1 is 1.03 bits per heavy atom. The number of thioether (sulfide) groups is 1. The van der Waals surface area contributed by atoms with Gasteiger partial charge in [0.1, 0.15) is 5.69 Å². The smallest absolute Gasteiger partial charge is 0.295 e. The molecule has 0 bridgehead atoms. The molecule has 1 atom stereocenters. The highest BCUT2D eigenvalue weighted by molar-refractivity contribution is 8.00. The van der Waals surface area contributed by atoms with Gasteiger partial charge in [-0.1, -0.05) is 24.3 Å².